The molecular formula is C30H31N5O2. The van der Waals surface area contributed by atoms with Crippen LogP contribution < -0.4 is 11.0 Å². The number of hydrogen-bond donors (Lipinski definition) is 1. The summed E-state index contributed by atoms with van der Waals surface area (Å²) in [4.78, 5) is 28.2. The number of para-hydroxylation sites is 1. The van der Waals surface area contributed by atoms with E-state index in [2.05, 4.69) is 21.4 Å². The Hall–Kier alpha value is -4.23. The van der Waals surface area contributed by atoms with Crippen LogP contribution in [-0.4, -0.2) is 38.2 Å². The molecule has 3 aromatic carbocycles. The van der Waals surface area contributed by atoms with Crippen LogP contribution in [-0.2, 0) is 4.79 Å². The van der Waals surface area contributed by atoms with E-state index in [0.717, 1.165) is 35.5 Å². The summed E-state index contributed by atoms with van der Waals surface area (Å²) in [5, 5.41) is 7.29. The summed E-state index contributed by atoms with van der Waals surface area (Å²) in [6.07, 6.45) is 4.60. The van der Waals surface area contributed by atoms with Crippen molar-refractivity contribution < 1.29 is 4.79 Å². The Morgan fingerprint density at radius 3 is 2.19 bits per heavy atom. The number of rotatable bonds is 7. The van der Waals surface area contributed by atoms with Crippen LogP contribution in [0.3, 0.4) is 0 Å². The first-order chi connectivity index (χ1) is 18.0. The second-order valence-electron chi connectivity index (χ2n) is 9.51. The van der Waals surface area contributed by atoms with Crippen molar-refractivity contribution in [2.24, 2.45) is 0 Å². The molecule has 0 fully saturated rings. The molecule has 1 atom stereocenters. The summed E-state index contributed by atoms with van der Waals surface area (Å²) in [6.45, 7) is 5.30. The quantitative estimate of drug-likeness (QED) is 0.390. The van der Waals surface area contributed by atoms with Crippen molar-refractivity contribution >= 4 is 17.2 Å². The number of benzene rings is 3. The lowest BCUT2D eigenvalue weighted by atomic mass is 9.96. The maximum absolute atomic E-state index is 13.4. The van der Waals surface area contributed by atoms with Gasteiger partial charge in [-0.2, -0.15) is 5.10 Å². The van der Waals surface area contributed by atoms with Gasteiger partial charge in [0.25, 0.3) is 0 Å². The maximum atomic E-state index is 13.4. The summed E-state index contributed by atoms with van der Waals surface area (Å²) in [5.74, 6) is -0.0361. The second kappa shape index (κ2) is 10.8. The Labute approximate surface area is 216 Å². The Morgan fingerprint density at radius 1 is 0.919 bits per heavy atom. The van der Waals surface area contributed by atoms with Gasteiger partial charge in [-0.1, -0.05) is 66.7 Å². The Bertz CT molecular complexity index is 1440. The molecule has 0 bridgehead atoms. The maximum Gasteiger partial charge on any atom is 0.350 e. The lowest BCUT2D eigenvalue weighted by Gasteiger charge is -2.33. The number of nitrogens with one attached hydrogen (secondary N) is 1. The Balaban J connectivity index is 1.33. The van der Waals surface area contributed by atoms with E-state index in [-0.39, 0.29) is 23.7 Å². The molecule has 0 spiro atoms. The van der Waals surface area contributed by atoms with Crippen LogP contribution in [0.5, 0.6) is 0 Å². The van der Waals surface area contributed by atoms with Gasteiger partial charge in [0.1, 0.15) is 12.4 Å². The molecular weight excluding hydrogens is 462 g/mol. The third kappa shape index (κ3) is 5.32. The first kappa shape index (κ1) is 24.5. The van der Waals surface area contributed by atoms with E-state index in [1.165, 1.54) is 10.3 Å². The van der Waals surface area contributed by atoms with Crippen LogP contribution >= 0.6 is 0 Å². The van der Waals surface area contributed by atoms with Gasteiger partial charge in [0.15, 0.2) is 0 Å². The summed E-state index contributed by atoms with van der Waals surface area (Å²) in [5.41, 5.74) is 4.78. The van der Waals surface area contributed by atoms with Crippen LogP contribution in [0.1, 0.15) is 43.5 Å². The predicted molar refractivity (Wildman–Crippen MR) is 147 cm³/mol. The first-order valence-electron chi connectivity index (χ1n) is 12.6. The molecule has 1 N–H and O–H groups in total. The molecule has 5 rings (SSSR count). The molecule has 7 nitrogen and oxygen atoms in total. The number of amides is 1. The summed E-state index contributed by atoms with van der Waals surface area (Å²) >= 11 is 0. The number of carbonyl (C=O) groups excluding carboxylic acids is 1. The Kier molecular flexibility index (Phi) is 7.14. The van der Waals surface area contributed by atoms with E-state index in [1.807, 2.05) is 98.8 Å². The fraction of sp³-hybridized carbons (Fsp3) is 0.233. The van der Waals surface area contributed by atoms with Crippen molar-refractivity contribution in [2.45, 2.75) is 32.4 Å². The monoisotopic (exact) mass is 493 g/mol. The van der Waals surface area contributed by atoms with Crippen molar-refractivity contribution in [2.75, 3.05) is 18.4 Å². The zero-order chi connectivity index (χ0) is 25.8. The van der Waals surface area contributed by atoms with Crippen LogP contribution in [0, 0.1) is 0 Å². The van der Waals surface area contributed by atoms with E-state index in [9.17, 15) is 9.59 Å². The lowest BCUT2D eigenvalue weighted by Crippen LogP contribution is -2.39. The standard InChI is InChI=1S/C30H31N5O2/c1-22(2)35-30(37)34(21-31-35)27-15-13-23(14-16-27)24-17-19-33(20-18-24)28(25-9-5-3-6-10-25)29(36)32-26-11-7-4-8-12-26/h3-17,21-22,28H,18-20H2,1-2H3,(H,32,36). The average molecular weight is 494 g/mol. The molecule has 1 amide bonds. The van der Waals surface area contributed by atoms with Crippen LogP contribution in [0.4, 0.5) is 5.69 Å². The van der Waals surface area contributed by atoms with Crippen molar-refractivity contribution in [3.8, 4) is 5.69 Å². The number of carbonyl (C=O) groups is 1. The zero-order valence-electron chi connectivity index (χ0n) is 21.1. The number of aromatic nitrogens is 3. The highest BCUT2D eigenvalue weighted by molar-refractivity contribution is 5.95. The van der Waals surface area contributed by atoms with Gasteiger partial charge in [-0.3, -0.25) is 9.69 Å². The van der Waals surface area contributed by atoms with E-state index < -0.39 is 0 Å². The molecule has 2 heterocycles. The van der Waals surface area contributed by atoms with Gasteiger partial charge in [-0.05, 0) is 61.2 Å². The van der Waals surface area contributed by atoms with Gasteiger partial charge < -0.3 is 5.32 Å². The van der Waals surface area contributed by atoms with Crippen molar-refractivity contribution in [1.29, 1.82) is 0 Å². The van der Waals surface area contributed by atoms with Crippen molar-refractivity contribution in [3.63, 3.8) is 0 Å². The molecule has 7 heteroatoms. The van der Waals surface area contributed by atoms with E-state index in [1.54, 1.807) is 10.9 Å². The van der Waals surface area contributed by atoms with Crippen LogP contribution in [0.25, 0.3) is 11.3 Å². The van der Waals surface area contributed by atoms with Gasteiger partial charge in [-0.15, -0.1) is 0 Å². The minimum absolute atomic E-state index is 0.0119. The fourth-order valence-electron chi connectivity index (χ4n) is 4.76. The van der Waals surface area contributed by atoms with E-state index in [4.69, 9.17) is 0 Å². The third-order valence-electron chi connectivity index (χ3n) is 6.71. The first-order valence-corrected chi connectivity index (χ1v) is 12.6. The number of hydrogen-bond acceptors (Lipinski definition) is 4. The minimum Gasteiger partial charge on any atom is -0.324 e. The molecule has 0 saturated heterocycles. The van der Waals surface area contributed by atoms with Crippen molar-refractivity contribution in [3.05, 3.63) is 119 Å². The average Bonchev–Trinajstić information content (AvgIpc) is 3.32. The number of nitrogens with zero attached hydrogens (tertiary/aromatic N) is 4. The molecule has 1 aromatic heterocycles. The predicted octanol–water partition coefficient (Wildman–Crippen LogP) is 5.08. The normalized spacial score (nSPS) is 14.8. The molecule has 0 aliphatic carbocycles. The van der Waals surface area contributed by atoms with Gasteiger partial charge >= 0.3 is 5.69 Å². The second-order valence-corrected chi connectivity index (χ2v) is 9.51. The van der Waals surface area contributed by atoms with Gasteiger partial charge in [-0.25, -0.2) is 14.0 Å². The molecule has 188 valence electrons. The van der Waals surface area contributed by atoms with Crippen LogP contribution in [0.2, 0.25) is 0 Å². The van der Waals surface area contributed by atoms with Gasteiger partial charge in [0.2, 0.25) is 5.91 Å². The molecule has 1 aliphatic rings. The highest BCUT2D eigenvalue weighted by Crippen LogP contribution is 2.29. The molecule has 0 radical (unpaired) electrons. The van der Waals surface area contributed by atoms with Crippen LogP contribution in [0.15, 0.2) is 102 Å². The number of anilines is 1. The smallest absolute Gasteiger partial charge is 0.324 e. The van der Waals surface area contributed by atoms with Crippen molar-refractivity contribution in [1.82, 2.24) is 19.2 Å². The zero-order valence-corrected chi connectivity index (χ0v) is 21.1. The minimum atomic E-state index is -0.383. The molecule has 1 aliphatic heterocycles. The third-order valence-corrected chi connectivity index (χ3v) is 6.71. The van der Waals surface area contributed by atoms with Gasteiger partial charge in [0, 0.05) is 18.8 Å². The summed E-state index contributed by atoms with van der Waals surface area (Å²) < 4.78 is 3.04. The molecule has 4 aromatic rings. The highest BCUT2D eigenvalue weighted by atomic mass is 16.2. The summed E-state index contributed by atoms with van der Waals surface area (Å²) in [6, 6.07) is 27.1. The highest BCUT2D eigenvalue weighted by Gasteiger charge is 2.29. The SMILES string of the molecule is CC(C)n1ncn(-c2ccc(C3=CCN(C(C(=O)Nc4ccccc4)c4ccccc4)CC3)cc2)c1=O. The largest absolute Gasteiger partial charge is 0.350 e. The molecule has 0 saturated carbocycles. The lowest BCUT2D eigenvalue weighted by molar-refractivity contribution is -0.121. The van der Waals surface area contributed by atoms with E-state index >= 15 is 0 Å². The fourth-order valence-corrected chi connectivity index (χ4v) is 4.76. The Morgan fingerprint density at radius 2 is 1.59 bits per heavy atom. The summed E-state index contributed by atoms with van der Waals surface area (Å²) in [7, 11) is 0. The van der Waals surface area contributed by atoms with Gasteiger partial charge in [0.05, 0.1) is 11.7 Å². The topological polar surface area (TPSA) is 72.2 Å². The molecule has 37 heavy (non-hydrogen) atoms. The van der Waals surface area contributed by atoms with E-state index in [0.29, 0.717) is 6.54 Å². The molecule has 1 unspecified atom stereocenters.